The van der Waals surface area contributed by atoms with Gasteiger partial charge in [0.15, 0.2) is 5.76 Å². The molecule has 0 spiro atoms. The number of ether oxygens (including phenoxy) is 1. The van der Waals surface area contributed by atoms with Crippen molar-refractivity contribution in [1.29, 1.82) is 0 Å². The number of anilines is 2. The number of furan rings is 1. The van der Waals surface area contributed by atoms with E-state index < -0.39 is 0 Å². The van der Waals surface area contributed by atoms with Crippen LogP contribution in [-0.4, -0.2) is 50.0 Å². The Bertz CT molecular complexity index is 1130. The zero-order valence-electron chi connectivity index (χ0n) is 17.3. The minimum absolute atomic E-state index is 0.113. The summed E-state index contributed by atoms with van der Waals surface area (Å²) in [6, 6.07) is 13.6. The standard InChI is InChI=1S/C23H21Cl2N3O4/c1-31-20-7-4-15(13-18(20)25)22(29)26-16-5-6-19(17(24)14-16)27-8-10-28(11-9-27)23(30)21-3-2-12-32-21/h2-7,12-14H,8-11H2,1H3,(H,26,29). The first kappa shape index (κ1) is 22.0. The molecule has 1 aliphatic rings. The lowest BCUT2D eigenvalue weighted by Gasteiger charge is -2.36. The van der Waals surface area contributed by atoms with Crippen LogP contribution in [0, 0.1) is 0 Å². The average molecular weight is 474 g/mol. The third kappa shape index (κ3) is 4.69. The Morgan fingerprint density at radius 3 is 2.41 bits per heavy atom. The fraction of sp³-hybridized carbons (Fsp3) is 0.217. The molecule has 1 aromatic heterocycles. The van der Waals surface area contributed by atoms with E-state index in [9.17, 15) is 9.59 Å². The van der Waals surface area contributed by atoms with E-state index in [0.717, 1.165) is 5.69 Å². The first-order valence-corrected chi connectivity index (χ1v) is 10.7. The first-order valence-electron chi connectivity index (χ1n) is 9.98. The van der Waals surface area contributed by atoms with Crippen LogP contribution in [0.1, 0.15) is 20.9 Å². The predicted molar refractivity (Wildman–Crippen MR) is 124 cm³/mol. The van der Waals surface area contributed by atoms with Gasteiger partial charge in [0.05, 0.1) is 29.1 Å². The summed E-state index contributed by atoms with van der Waals surface area (Å²) in [5.74, 6) is 0.428. The Balaban J connectivity index is 1.39. The van der Waals surface area contributed by atoms with Gasteiger partial charge in [0.1, 0.15) is 5.75 Å². The summed E-state index contributed by atoms with van der Waals surface area (Å²) in [6.45, 7) is 2.41. The van der Waals surface area contributed by atoms with Crippen LogP contribution < -0.4 is 15.0 Å². The van der Waals surface area contributed by atoms with E-state index >= 15 is 0 Å². The summed E-state index contributed by atoms with van der Waals surface area (Å²) in [5, 5.41) is 3.70. The maximum atomic E-state index is 12.6. The molecule has 4 rings (SSSR count). The van der Waals surface area contributed by atoms with E-state index in [0.29, 0.717) is 59.0 Å². The molecule has 0 unspecified atom stereocenters. The number of nitrogens with one attached hydrogen (secondary N) is 1. The fourth-order valence-electron chi connectivity index (χ4n) is 3.56. The molecular weight excluding hydrogens is 453 g/mol. The lowest BCUT2D eigenvalue weighted by atomic mass is 10.2. The van der Waals surface area contributed by atoms with Crippen molar-refractivity contribution >= 4 is 46.4 Å². The molecule has 32 heavy (non-hydrogen) atoms. The quantitative estimate of drug-likeness (QED) is 0.575. The van der Waals surface area contributed by atoms with Crippen LogP contribution in [0.4, 0.5) is 11.4 Å². The van der Waals surface area contributed by atoms with Gasteiger partial charge in [0.2, 0.25) is 0 Å². The molecule has 0 saturated carbocycles. The maximum absolute atomic E-state index is 12.6. The Labute approximate surface area is 195 Å². The van der Waals surface area contributed by atoms with Gasteiger partial charge < -0.3 is 24.3 Å². The molecule has 0 atom stereocenters. The number of methoxy groups -OCH3 is 1. The second-order valence-electron chi connectivity index (χ2n) is 7.23. The van der Waals surface area contributed by atoms with Crippen molar-refractivity contribution in [2.75, 3.05) is 43.5 Å². The Kier molecular flexibility index (Phi) is 6.58. The van der Waals surface area contributed by atoms with Crippen LogP contribution in [0.2, 0.25) is 10.0 Å². The summed E-state index contributed by atoms with van der Waals surface area (Å²) in [5.41, 5.74) is 1.83. The van der Waals surface area contributed by atoms with Gasteiger partial charge in [-0.3, -0.25) is 9.59 Å². The van der Waals surface area contributed by atoms with Crippen molar-refractivity contribution in [3.8, 4) is 5.75 Å². The van der Waals surface area contributed by atoms with E-state index in [1.54, 1.807) is 47.4 Å². The van der Waals surface area contributed by atoms with Gasteiger partial charge in [-0.05, 0) is 48.5 Å². The van der Waals surface area contributed by atoms with Crippen molar-refractivity contribution in [2.45, 2.75) is 0 Å². The molecule has 3 aromatic rings. The Morgan fingerprint density at radius 1 is 1.00 bits per heavy atom. The lowest BCUT2D eigenvalue weighted by Crippen LogP contribution is -2.48. The number of benzene rings is 2. The van der Waals surface area contributed by atoms with Crippen LogP contribution in [0.5, 0.6) is 5.75 Å². The topological polar surface area (TPSA) is 75.0 Å². The summed E-state index contributed by atoms with van der Waals surface area (Å²) < 4.78 is 10.3. The third-order valence-electron chi connectivity index (χ3n) is 5.26. The monoisotopic (exact) mass is 473 g/mol. The van der Waals surface area contributed by atoms with E-state index in [4.69, 9.17) is 32.4 Å². The van der Waals surface area contributed by atoms with Gasteiger partial charge in [-0.2, -0.15) is 0 Å². The first-order chi connectivity index (χ1) is 15.5. The van der Waals surface area contributed by atoms with Gasteiger partial charge in [0, 0.05) is 37.4 Å². The van der Waals surface area contributed by atoms with Crippen LogP contribution in [0.25, 0.3) is 0 Å². The summed E-state index contributed by atoms with van der Waals surface area (Å²) in [7, 11) is 1.52. The van der Waals surface area contributed by atoms with Crippen molar-refractivity contribution < 1.29 is 18.7 Å². The van der Waals surface area contributed by atoms with E-state index in [1.165, 1.54) is 13.4 Å². The van der Waals surface area contributed by atoms with Crippen LogP contribution in [0.15, 0.2) is 59.2 Å². The number of hydrogen-bond acceptors (Lipinski definition) is 5. The molecule has 166 valence electrons. The largest absolute Gasteiger partial charge is 0.495 e. The lowest BCUT2D eigenvalue weighted by molar-refractivity contribution is 0.0714. The molecule has 2 aromatic carbocycles. The highest BCUT2D eigenvalue weighted by molar-refractivity contribution is 6.34. The maximum Gasteiger partial charge on any atom is 0.289 e. The Morgan fingerprint density at radius 2 is 1.78 bits per heavy atom. The minimum Gasteiger partial charge on any atom is -0.495 e. The Hall–Kier alpha value is -3.16. The molecular formula is C23H21Cl2N3O4. The normalized spacial score (nSPS) is 13.7. The number of hydrogen-bond donors (Lipinski definition) is 1. The molecule has 0 aliphatic carbocycles. The number of carbonyl (C=O) groups is 2. The van der Waals surface area contributed by atoms with Crippen molar-refractivity contribution in [3.05, 3.63) is 76.2 Å². The molecule has 0 radical (unpaired) electrons. The zero-order chi connectivity index (χ0) is 22.7. The van der Waals surface area contributed by atoms with E-state index in [-0.39, 0.29) is 11.8 Å². The summed E-state index contributed by atoms with van der Waals surface area (Å²) in [4.78, 5) is 28.9. The second kappa shape index (κ2) is 9.54. The molecule has 0 bridgehead atoms. The number of carbonyl (C=O) groups excluding carboxylic acids is 2. The number of amides is 2. The highest BCUT2D eigenvalue weighted by atomic mass is 35.5. The molecule has 2 amide bonds. The van der Waals surface area contributed by atoms with Gasteiger partial charge in [0.25, 0.3) is 11.8 Å². The highest BCUT2D eigenvalue weighted by Gasteiger charge is 2.24. The summed E-state index contributed by atoms with van der Waals surface area (Å²) in [6.07, 6.45) is 1.49. The number of rotatable bonds is 5. The predicted octanol–water partition coefficient (Wildman–Crippen LogP) is 4.81. The van der Waals surface area contributed by atoms with Gasteiger partial charge in [-0.1, -0.05) is 23.2 Å². The van der Waals surface area contributed by atoms with E-state index in [2.05, 4.69) is 10.2 Å². The molecule has 1 saturated heterocycles. The molecule has 2 heterocycles. The van der Waals surface area contributed by atoms with Crippen LogP contribution in [0.3, 0.4) is 0 Å². The van der Waals surface area contributed by atoms with Crippen molar-refractivity contribution in [2.24, 2.45) is 0 Å². The van der Waals surface area contributed by atoms with Gasteiger partial charge in [-0.15, -0.1) is 0 Å². The van der Waals surface area contributed by atoms with Crippen LogP contribution >= 0.6 is 23.2 Å². The molecule has 1 fully saturated rings. The molecule has 9 heteroatoms. The number of halogens is 2. The zero-order valence-corrected chi connectivity index (χ0v) is 18.8. The SMILES string of the molecule is COc1ccc(C(=O)Nc2ccc(N3CCN(C(=O)c4ccco4)CC3)c(Cl)c2)cc1Cl. The van der Waals surface area contributed by atoms with Crippen LogP contribution in [-0.2, 0) is 0 Å². The fourth-order valence-corrected chi connectivity index (χ4v) is 4.12. The smallest absolute Gasteiger partial charge is 0.289 e. The average Bonchev–Trinajstić information content (AvgIpc) is 3.34. The van der Waals surface area contributed by atoms with Gasteiger partial charge in [-0.25, -0.2) is 0 Å². The third-order valence-corrected chi connectivity index (χ3v) is 5.86. The van der Waals surface area contributed by atoms with Gasteiger partial charge >= 0.3 is 0 Å². The summed E-state index contributed by atoms with van der Waals surface area (Å²) >= 11 is 12.6. The molecule has 7 nitrogen and oxygen atoms in total. The number of piperazine rings is 1. The highest BCUT2D eigenvalue weighted by Crippen LogP contribution is 2.30. The molecule has 1 N–H and O–H groups in total. The second-order valence-corrected chi connectivity index (χ2v) is 8.04. The van der Waals surface area contributed by atoms with E-state index in [1.807, 2.05) is 6.07 Å². The minimum atomic E-state index is -0.302. The number of nitrogens with zero attached hydrogens (tertiary/aromatic N) is 2. The van der Waals surface area contributed by atoms with Crippen molar-refractivity contribution in [1.82, 2.24) is 4.90 Å². The molecule has 1 aliphatic heterocycles. The van der Waals surface area contributed by atoms with Crippen molar-refractivity contribution in [3.63, 3.8) is 0 Å².